The summed E-state index contributed by atoms with van der Waals surface area (Å²) in [4.78, 5) is 0. The molecule has 0 N–H and O–H groups in total. The lowest BCUT2D eigenvalue weighted by atomic mass is 10.4. The Morgan fingerprint density at radius 3 is 2.27 bits per heavy atom. The first kappa shape index (κ1) is 8.39. The molecule has 0 aromatic carbocycles. The van der Waals surface area contributed by atoms with Crippen LogP contribution in [-0.2, 0) is 13.2 Å². The number of nitrogens with zero attached hydrogens (tertiary/aromatic N) is 2. The van der Waals surface area contributed by atoms with Gasteiger partial charge in [-0.05, 0) is 0 Å². The van der Waals surface area contributed by atoms with Gasteiger partial charge in [0, 0.05) is 13.1 Å². The summed E-state index contributed by atoms with van der Waals surface area (Å²) in [6, 6.07) is 0.779. The maximum Gasteiger partial charge on any atom is 0.435 e. The molecule has 0 unspecified atom stereocenters. The Kier molecular flexibility index (Phi) is 1.83. The molecule has 0 amide bonds. The Bertz CT molecular complexity index is 246. The van der Waals surface area contributed by atoms with E-state index < -0.39 is 11.9 Å². The van der Waals surface area contributed by atoms with Crippen LogP contribution in [0.15, 0.2) is 6.07 Å². The molecule has 0 spiro atoms. The third-order valence-electron chi connectivity index (χ3n) is 1.11. The average Bonchev–Trinajstić information content (AvgIpc) is 2.11. The van der Waals surface area contributed by atoms with Gasteiger partial charge in [-0.1, -0.05) is 11.6 Å². The molecule has 62 valence electrons. The van der Waals surface area contributed by atoms with Crippen molar-refractivity contribution < 1.29 is 13.2 Å². The van der Waals surface area contributed by atoms with E-state index in [1.165, 1.54) is 7.05 Å². The van der Waals surface area contributed by atoms with E-state index in [0.29, 0.717) is 0 Å². The van der Waals surface area contributed by atoms with Crippen molar-refractivity contribution in [1.82, 2.24) is 9.78 Å². The second-order valence-electron chi connectivity index (χ2n) is 1.97. The van der Waals surface area contributed by atoms with Crippen molar-refractivity contribution in [3.8, 4) is 0 Å². The van der Waals surface area contributed by atoms with Crippen LogP contribution in [0, 0.1) is 0 Å². The number of alkyl halides is 3. The molecular formula is C5H4ClF3N2. The Balaban J connectivity index is 3.08. The third-order valence-corrected chi connectivity index (χ3v) is 1.47. The van der Waals surface area contributed by atoms with E-state index in [-0.39, 0.29) is 5.15 Å². The molecule has 11 heavy (non-hydrogen) atoms. The largest absolute Gasteiger partial charge is 0.435 e. The molecule has 0 bridgehead atoms. The van der Waals surface area contributed by atoms with E-state index in [2.05, 4.69) is 5.10 Å². The Hall–Kier alpha value is -0.710. The van der Waals surface area contributed by atoms with Crippen molar-refractivity contribution in [2.45, 2.75) is 6.18 Å². The third kappa shape index (κ3) is 1.65. The van der Waals surface area contributed by atoms with E-state index in [1.54, 1.807) is 0 Å². The summed E-state index contributed by atoms with van der Waals surface area (Å²) in [7, 11) is 1.34. The molecular weight excluding hydrogens is 181 g/mol. The average molecular weight is 185 g/mol. The topological polar surface area (TPSA) is 17.8 Å². The number of rotatable bonds is 0. The van der Waals surface area contributed by atoms with Crippen LogP contribution in [0.25, 0.3) is 0 Å². The van der Waals surface area contributed by atoms with Gasteiger partial charge in [0.25, 0.3) is 0 Å². The van der Waals surface area contributed by atoms with Crippen LogP contribution in [0.1, 0.15) is 5.69 Å². The predicted octanol–water partition coefficient (Wildman–Crippen LogP) is 2.09. The number of hydrogen-bond donors (Lipinski definition) is 0. The highest BCUT2D eigenvalue weighted by molar-refractivity contribution is 6.29. The molecule has 6 heteroatoms. The Morgan fingerprint density at radius 1 is 1.55 bits per heavy atom. The molecule has 0 radical (unpaired) electrons. The lowest BCUT2D eigenvalue weighted by Gasteiger charge is -1.98. The van der Waals surface area contributed by atoms with E-state index in [4.69, 9.17) is 11.6 Å². The maximum absolute atomic E-state index is 11.8. The van der Waals surface area contributed by atoms with Gasteiger partial charge in [0.05, 0.1) is 0 Å². The minimum Gasteiger partial charge on any atom is -0.256 e. The summed E-state index contributed by atoms with van der Waals surface area (Å²) >= 11 is 5.34. The molecule has 0 aliphatic carbocycles. The predicted molar refractivity (Wildman–Crippen MR) is 33.2 cm³/mol. The van der Waals surface area contributed by atoms with Crippen molar-refractivity contribution in [3.05, 3.63) is 16.9 Å². The molecule has 1 heterocycles. The first-order valence-corrected chi connectivity index (χ1v) is 3.06. The van der Waals surface area contributed by atoms with Crippen LogP contribution in [0.5, 0.6) is 0 Å². The Morgan fingerprint density at radius 2 is 2.09 bits per heavy atom. The lowest BCUT2D eigenvalue weighted by Crippen LogP contribution is -2.06. The summed E-state index contributed by atoms with van der Waals surface area (Å²) in [5.41, 5.74) is -0.968. The molecule has 0 atom stereocenters. The zero-order valence-electron chi connectivity index (χ0n) is 5.48. The van der Waals surface area contributed by atoms with Crippen molar-refractivity contribution in [2.24, 2.45) is 7.05 Å². The fourth-order valence-electron chi connectivity index (χ4n) is 0.583. The van der Waals surface area contributed by atoms with Gasteiger partial charge >= 0.3 is 6.18 Å². The highest BCUT2D eigenvalue weighted by atomic mass is 35.5. The summed E-state index contributed by atoms with van der Waals surface area (Å²) in [5.74, 6) is 0. The first-order valence-electron chi connectivity index (χ1n) is 2.68. The summed E-state index contributed by atoms with van der Waals surface area (Å²) in [5, 5.41) is 3.11. The molecule has 1 aromatic rings. The lowest BCUT2D eigenvalue weighted by molar-refractivity contribution is -0.141. The summed E-state index contributed by atoms with van der Waals surface area (Å²) in [6.07, 6.45) is -4.41. The van der Waals surface area contributed by atoms with Gasteiger partial charge in [-0.15, -0.1) is 0 Å². The monoisotopic (exact) mass is 184 g/mol. The smallest absolute Gasteiger partial charge is 0.256 e. The van der Waals surface area contributed by atoms with E-state index in [9.17, 15) is 13.2 Å². The van der Waals surface area contributed by atoms with E-state index in [1.807, 2.05) is 0 Å². The zero-order chi connectivity index (χ0) is 8.65. The number of aromatic nitrogens is 2. The van der Waals surface area contributed by atoms with Gasteiger partial charge in [-0.25, -0.2) is 0 Å². The normalized spacial score (nSPS) is 12.1. The maximum atomic E-state index is 11.8. The van der Waals surface area contributed by atoms with Crippen molar-refractivity contribution in [1.29, 1.82) is 0 Å². The Labute approximate surface area is 65.6 Å². The minimum atomic E-state index is -4.41. The van der Waals surface area contributed by atoms with Gasteiger partial charge in [-0.2, -0.15) is 18.3 Å². The highest BCUT2D eigenvalue weighted by Gasteiger charge is 2.34. The molecule has 0 saturated heterocycles. The molecule has 2 nitrogen and oxygen atoms in total. The number of hydrogen-bond acceptors (Lipinski definition) is 1. The summed E-state index contributed by atoms with van der Waals surface area (Å²) in [6.45, 7) is 0. The van der Waals surface area contributed by atoms with Crippen LogP contribution >= 0.6 is 11.6 Å². The van der Waals surface area contributed by atoms with Crippen molar-refractivity contribution in [3.63, 3.8) is 0 Å². The van der Waals surface area contributed by atoms with E-state index in [0.717, 1.165) is 10.7 Å². The number of halogens is 4. The first-order chi connectivity index (χ1) is 4.91. The van der Waals surface area contributed by atoms with Gasteiger partial charge in [0.1, 0.15) is 5.15 Å². The second-order valence-corrected chi connectivity index (χ2v) is 2.36. The van der Waals surface area contributed by atoms with Gasteiger partial charge in [0.15, 0.2) is 5.69 Å². The second kappa shape index (κ2) is 2.41. The zero-order valence-corrected chi connectivity index (χ0v) is 6.24. The molecule has 1 aromatic heterocycles. The van der Waals surface area contributed by atoms with Crippen LogP contribution in [0.3, 0.4) is 0 Å². The van der Waals surface area contributed by atoms with Crippen LogP contribution in [-0.4, -0.2) is 9.78 Å². The number of aryl methyl sites for hydroxylation is 1. The molecule has 0 saturated carbocycles. The molecule has 0 fully saturated rings. The fourth-order valence-corrected chi connectivity index (χ4v) is 0.724. The SMILES string of the molecule is Cn1nc(C(F)(F)F)cc1Cl. The standard InChI is InChI=1S/C5H4ClF3N2/c1-11-4(6)2-3(10-11)5(7,8)9/h2H,1H3. The highest BCUT2D eigenvalue weighted by Crippen LogP contribution is 2.29. The van der Waals surface area contributed by atoms with Gasteiger partial charge in [-0.3, -0.25) is 4.68 Å². The van der Waals surface area contributed by atoms with Crippen molar-refractivity contribution >= 4 is 11.6 Å². The van der Waals surface area contributed by atoms with Gasteiger partial charge in [0.2, 0.25) is 0 Å². The minimum absolute atomic E-state index is 0.0303. The molecule has 0 aliphatic rings. The summed E-state index contributed by atoms with van der Waals surface area (Å²) < 4.78 is 36.5. The van der Waals surface area contributed by atoms with Gasteiger partial charge < -0.3 is 0 Å². The van der Waals surface area contributed by atoms with Crippen LogP contribution in [0.4, 0.5) is 13.2 Å². The quantitative estimate of drug-likeness (QED) is 0.604. The van der Waals surface area contributed by atoms with Crippen LogP contribution < -0.4 is 0 Å². The van der Waals surface area contributed by atoms with E-state index >= 15 is 0 Å². The molecule has 1 rings (SSSR count). The van der Waals surface area contributed by atoms with Crippen LogP contribution in [0.2, 0.25) is 5.15 Å². The molecule has 0 aliphatic heterocycles. The van der Waals surface area contributed by atoms with Crippen molar-refractivity contribution in [2.75, 3.05) is 0 Å². The fraction of sp³-hybridized carbons (Fsp3) is 0.400.